The monoisotopic (exact) mass is 515 g/mol. The number of ether oxygens (including phenoxy) is 3. The Morgan fingerprint density at radius 1 is 0.971 bits per heavy atom. The normalized spacial score (nSPS) is 14.1. The van der Waals surface area contributed by atoms with Crippen molar-refractivity contribution in [3.63, 3.8) is 0 Å². The molecule has 0 saturated carbocycles. The molecule has 0 saturated heterocycles. The molecule has 0 radical (unpaired) electrons. The van der Waals surface area contributed by atoms with Crippen LogP contribution < -0.4 is 9.47 Å². The second kappa shape index (κ2) is 10.3. The first-order valence-corrected chi connectivity index (χ1v) is 11.2. The highest BCUT2D eigenvalue weighted by Crippen LogP contribution is 2.32. The van der Waals surface area contributed by atoms with E-state index in [1.807, 2.05) is 0 Å². The third-order valence-electron chi connectivity index (χ3n) is 4.64. The largest absolute Gasteiger partial charge is 0.490 e. The van der Waals surface area contributed by atoms with E-state index in [9.17, 15) is 9.59 Å². The van der Waals surface area contributed by atoms with Crippen molar-refractivity contribution in [2.24, 2.45) is 4.99 Å². The van der Waals surface area contributed by atoms with Gasteiger partial charge in [-0.15, -0.1) is 0 Å². The minimum atomic E-state index is -0.662. The zero-order chi connectivity index (χ0) is 24.2. The molecule has 0 fully saturated rings. The SMILES string of the molecule is CCOc1cc(/C=C2/N=C(c3ccc(Cl)cc3)OC2=O)ccc1OC(=O)c1ccc(Cl)cc1Cl. The molecule has 172 valence electrons. The van der Waals surface area contributed by atoms with Gasteiger partial charge in [-0.05, 0) is 73.2 Å². The van der Waals surface area contributed by atoms with Crippen molar-refractivity contribution in [1.29, 1.82) is 0 Å². The minimum Gasteiger partial charge on any atom is -0.490 e. The van der Waals surface area contributed by atoms with Crippen LogP contribution >= 0.6 is 34.8 Å². The average Bonchev–Trinajstić information content (AvgIpc) is 3.16. The first-order valence-electron chi connectivity index (χ1n) is 10.1. The number of esters is 2. The lowest BCUT2D eigenvalue weighted by Gasteiger charge is -2.12. The Balaban J connectivity index is 1.59. The van der Waals surface area contributed by atoms with Crippen LogP contribution in [0.2, 0.25) is 15.1 Å². The van der Waals surface area contributed by atoms with Gasteiger partial charge in [-0.2, -0.15) is 0 Å². The molecule has 1 aliphatic heterocycles. The predicted octanol–water partition coefficient (Wildman–Crippen LogP) is 6.61. The van der Waals surface area contributed by atoms with E-state index >= 15 is 0 Å². The van der Waals surface area contributed by atoms with E-state index in [4.69, 9.17) is 49.0 Å². The summed E-state index contributed by atoms with van der Waals surface area (Å²) in [4.78, 5) is 29.2. The number of halogens is 3. The lowest BCUT2D eigenvalue weighted by molar-refractivity contribution is -0.129. The number of aliphatic imine (C=N–C) groups is 1. The van der Waals surface area contributed by atoms with Gasteiger partial charge in [0.1, 0.15) is 0 Å². The summed E-state index contributed by atoms with van der Waals surface area (Å²) in [5, 5.41) is 1.14. The molecule has 0 unspecified atom stereocenters. The lowest BCUT2D eigenvalue weighted by atomic mass is 10.1. The van der Waals surface area contributed by atoms with Gasteiger partial charge in [-0.3, -0.25) is 0 Å². The van der Waals surface area contributed by atoms with Crippen molar-refractivity contribution in [2.75, 3.05) is 6.61 Å². The number of cyclic esters (lactones) is 1. The molecule has 1 aliphatic rings. The summed E-state index contributed by atoms with van der Waals surface area (Å²) in [6, 6.07) is 16.1. The molecule has 9 heteroatoms. The van der Waals surface area contributed by atoms with Gasteiger partial charge in [0, 0.05) is 15.6 Å². The van der Waals surface area contributed by atoms with Crippen molar-refractivity contribution in [3.8, 4) is 11.5 Å². The molecule has 0 bridgehead atoms. The van der Waals surface area contributed by atoms with Crippen LogP contribution in [-0.2, 0) is 9.53 Å². The smallest absolute Gasteiger partial charge is 0.363 e. The zero-order valence-corrected chi connectivity index (χ0v) is 19.9. The molecule has 3 aromatic rings. The van der Waals surface area contributed by atoms with Gasteiger partial charge >= 0.3 is 11.9 Å². The number of hydrogen-bond donors (Lipinski definition) is 0. The molecule has 0 aromatic heterocycles. The molecule has 0 atom stereocenters. The van der Waals surface area contributed by atoms with Gasteiger partial charge < -0.3 is 14.2 Å². The van der Waals surface area contributed by atoms with Crippen LogP contribution in [-0.4, -0.2) is 24.4 Å². The minimum absolute atomic E-state index is 0.116. The van der Waals surface area contributed by atoms with Crippen LogP contribution in [0.4, 0.5) is 0 Å². The predicted molar refractivity (Wildman–Crippen MR) is 131 cm³/mol. The van der Waals surface area contributed by atoms with Crippen molar-refractivity contribution in [1.82, 2.24) is 0 Å². The number of hydrogen-bond acceptors (Lipinski definition) is 6. The van der Waals surface area contributed by atoms with Crippen LogP contribution in [0.3, 0.4) is 0 Å². The van der Waals surface area contributed by atoms with Crippen LogP contribution in [0.1, 0.15) is 28.4 Å². The Kier molecular flexibility index (Phi) is 7.22. The van der Waals surface area contributed by atoms with Gasteiger partial charge in [0.15, 0.2) is 17.2 Å². The summed E-state index contributed by atoms with van der Waals surface area (Å²) in [5.41, 5.74) is 1.50. The fourth-order valence-corrected chi connectivity index (χ4v) is 3.67. The van der Waals surface area contributed by atoms with Gasteiger partial charge in [-0.1, -0.05) is 40.9 Å². The highest BCUT2D eigenvalue weighted by atomic mass is 35.5. The summed E-state index contributed by atoms with van der Waals surface area (Å²) in [6.07, 6.45) is 1.55. The molecule has 0 N–H and O–H groups in total. The highest BCUT2D eigenvalue weighted by Gasteiger charge is 2.24. The Morgan fingerprint density at radius 3 is 2.41 bits per heavy atom. The Labute approximate surface area is 210 Å². The van der Waals surface area contributed by atoms with E-state index in [0.29, 0.717) is 33.5 Å². The second-order valence-corrected chi connectivity index (χ2v) is 8.28. The summed E-state index contributed by atoms with van der Waals surface area (Å²) in [7, 11) is 0. The third-order valence-corrected chi connectivity index (χ3v) is 5.44. The summed E-state index contributed by atoms with van der Waals surface area (Å²) < 4.78 is 16.4. The average molecular weight is 517 g/mol. The first kappa shape index (κ1) is 23.8. The third kappa shape index (κ3) is 5.42. The van der Waals surface area contributed by atoms with Crippen LogP contribution in [0, 0.1) is 0 Å². The molecule has 4 rings (SSSR count). The topological polar surface area (TPSA) is 74.2 Å². The van der Waals surface area contributed by atoms with E-state index in [2.05, 4.69) is 4.99 Å². The molecule has 0 spiro atoms. The highest BCUT2D eigenvalue weighted by molar-refractivity contribution is 6.36. The molecule has 3 aromatic carbocycles. The lowest BCUT2D eigenvalue weighted by Crippen LogP contribution is -2.10. The van der Waals surface area contributed by atoms with Crippen molar-refractivity contribution in [2.45, 2.75) is 6.92 Å². The van der Waals surface area contributed by atoms with Crippen molar-refractivity contribution < 1.29 is 23.8 Å². The van der Waals surface area contributed by atoms with Crippen LogP contribution in [0.5, 0.6) is 11.5 Å². The fourth-order valence-electron chi connectivity index (χ4n) is 3.06. The van der Waals surface area contributed by atoms with Crippen molar-refractivity contribution >= 4 is 58.7 Å². The Morgan fingerprint density at radius 2 is 1.71 bits per heavy atom. The quantitative estimate of drug-likeness (QED) is 0.209. The Bertz CT molecular complexity index is 1330. The fraction of sp³-hybridized carbons (Fsp3) is 0.0800. The number of carbonyl (C=O) groups is 2. The molecule has 0 aliphatic carbocycles. The summed E-state index contributed by atoms with van der Waals surface area (Å²) >= 11 is 17.9. The molecule has 1 heterocycles. The molecule has 6 nitrogen and oxygen atoms in total. The Hall–Kier alpha value is -3.32. The maximum atomic E-state index is 12.6. The molecular weight excluding hydrogens is 501 g/mol. The molecule has 34 heavy (non-hydrogen) atoms. The standard InChI is InChI=1S/C25H16Cl3NO5/c1-2-32-22-12-14(3-10-21(22)33-24(30)18-9-8-17(27)13-19(18)28)11-20-25(31)34-23(29-20)15-4-6-16(26)7-5-15/h3-13H,2H2,1H3/b20-11+. The van der Waals surface area contributed by atoms with E-state index < -0.39 is 11.9 Å². The van der Waals surface area contributed by atoms with E-state index in [1.54, 1.807) is 61.5 Å². The van der Waals surface area contributed by atoms with E-state index in [-0.39, 0.29) is 27.9 Å². The molecular formula is C25H16Cl3NO5. The van der Waals surface area contributed by atoms with Crippen molar-refractivity contribution in [3.05, 3.63) is 98.1 Å². The molecule has 0 amide bonds. The van der Waals surface area contributed by atoms with Gasteiger partial charge in [0.05, 0.1) is 17.2 Å². The maximum Gasteiger partial charge on any atom is 0.363 e. The number of benzene rings is 3. The van der Waals surface area contributed by atoms with Gasteiger partial charge in [0.2, 0.25) is 5.90 Å². The van der Waals surface area contributed by atoms with Crippen LogP contribution in [0.15, 0.2) is 71.4 Å². The second-order valence-electron chi connectivity index (χ2n) is 7.00. The van der Waals surface area contributed by atoms with Gasteiger partial charge in [-0.25, -0.2) is 14.6 Å². The number of nitrogens with zero attached hydrogens (tertiary/aromatic N) is 1. The zero-order valence-electron chi connectivity index (χ0n) is 17.7. The number of carbonyl (C=O) groups excluding carboxylic acids is 2. The summed E-state index contributed by atoms with van der Waals surface area (Å²) in [5.74, 6) is -0.563. The van der Waals surface area contributed by atoms with Crippen LogP contribution in [0.25, 0.3) is 6.08 Å². The summed E-state index contributed by atoms with van der Waals surface area (Å²) in [6.45, 7) is 2.12. The first-order chi connectivity index (χ1) is 16.3. The van der Waals surface area contributed by atoms with E-state index in [0.717, 1.165) is 0 Å². The number of rotatable bonds is 6. The van der Waals surface area contributed by atoms with E-state index in [1.165, 1.54) is 12.1 Å². The van der Waals surface area contributed by atoms with Gasteiger partial charge in [0.25, 0.3) is 0 Å². The maximum absolute atomic E-state index is 12.6.